The molecule has 1 aromatic carbocycles. The van der Waals surface area contributed by atoms with Crippen molar-refractivity contribution in [3.8, 4) is 0 Å². The molecule has 0 spiro atoms. The second kappa shape index (κ2) is 5.95. The van der Waals surface area contributed by atoms with E-state index in [9.17, 15) is 14.4 Å². The van der Waals surface area contributed by atoms with Gasteiger partial charge in [0.1, 0.15) is 0 Å². The first-order chi connectivity index (χ1) is 9.88. The smallest absolute Gasteiger partial charge is 0.336 e. The number of piperidine rings is 1. The Morgan fingerprint density at radius 3 is 2.71 bits per heavy atom. The molecule has 1 unspecified atom stereocenters. The van der Waals surface area contributed by atoms with Crippen molar-refractivity contribution in [3.05, 3.63) is 29.3 Å². The van der Waals surface area contributed by atoms with Gasteiger partial charge >= 0.3 is 5.97 Å². The molecular weight excluding hydrogens is 272 g/mol. The van der Waals surface area contributed by atoms with Gasteiger partial charge in [0, 0.05) is 31.6 Å². The van der Waals surface area contributed by atoms with Crippen LogP contribution in [0.15, 0.2) is 18.2 Å². The van der Waals surface area contributed by atoms with Crippen LogP contribution in [0.25, 0.3) is 0 Å². The van der Waals surface area contributed by atoms with E-state index in [0.717, 1.165) is 0 Å². The number of aryl methyl sites for hydroxylation is 1. The Morgan fingerprint density at radius 2 is 2.10 bits per heavy atom. The standard InChI is InChI=1S/C15H18N2O4/c1-9-3-4-11(8-12(9)15(20)21)16-14(19)10-5-6-17(2)13(18)7-10/h3-4,8,10H,5-7H2,1-2H3,(H,16,19)(H,20,21). The van der Waals surface area contributed by atoms with Crippen molar-refractivity contribution < 1.29 is 19.5 Å². The Hall–Kier alpha value is -2.37. The van der Waals surface area contributed by atoms with Crippen molar-refractivity contribution in [2.75, 3.05) is 18.9 Å². The monoisotopic (exact) mass is 290 g/mol. The largest absolute Gasteiger partial charge is 0.478 e. The van der Waals surface area contributed by atoms with Crippen molar-refractivity contribution in [1.29, 1.82) is 0 Å². The molecule has 1 saturated heterocycles. The molecule has 1 aliphatic rings. The van der Waals surface area contributed by atoms with Crippen LogP contribution in [0.4, 0.5) is 5.69 Å². The Labute approximate surface area is 122 Å². The van der Waals surface area contributed by atoms with E-state index in [1.54, 1.807) is 31.0 Å². The van der Waals surface area contributed by atoms with E-state index in [2.05, 4.69) is 5.32 Å². The lowest BCUT2D eigenvalue weighted by molar-refractivity contribution is -0.137. The highest BCUT2D eigenvalue weighted by Gasteiger charge is 2.28. The third-order valence-corrected chi connectivity index (χ3v) is 3.77. The number of anilines is 1. The molecule has 1 fully saturated rings. The number of nitrogens with one attached hydrogen (secondary N) is 1. The van der Waals surface area contributed by atoms with Crippen LogP contribution >= 0.6 is 0 Å². The third kappa shape index (κ3) is 3.39. The Morgan fingerprint density at radius 1 is 1.38 bits per heavy atom. The zero-order valence-electron chi connectivity index (χ0n) is 12.0. The minimum atomic E-state index is -1.03. The van der Waals surface area contributed by atoms with Crippen molar-refractivity contribution in [2.45, 2.75) is 19.8 Å². The van der Waals surface area contributed by atoms with E-state index < -0.39 is 5.97 Å². The molecule has 1 aromatic rings. The average Bonchev–Trinajstić information content (AvgIpc) is 2.43. The number of likely N-dealkylation sites (tertiary alicyclic amines) is 1. The van der Waals surface area contributed by atoms with E-state index in [0.29, 0.717) is 24.2 Å². The molecule has 1 atom stereocenters. The zero-order valence-corrected chi connectivity index (χ0v) is 12.0. The van der Waals surface area contributed by atoms with E-state index in [4.69, 9.17) is 5.11 Å². The molecule has 0 radical (unpaired) electrons. The maximum atomic E-state index is 12.2. The summed E-state index contributed by atoms with van der Waals surface area (Å²) in [5, 5.41) is 11.8. The molecule has 0 saturated carbocycles. The fraction of sp³-hybridized carbons (Fsp3) is 0.400. The molecule has 112 valence electrons. The van der Waals surface area contributed by atoms with Crippen molar-refractivity contribution in [2.24, 2.45) is 5.92 Å². The first-order valence-electron chi connectivity index (χ1n) is 6.77. The number of amides is 2. The number of aromatic carboxylic acids is 1. The van der Waals surface area contributed by atoms with Crippen LogP contribution in [0.1, 0.15) is 28.8 Å². The molecule has 2 amide bonds. The predicted molar refractivity (Wildman–Crippen MR) is 77.1 cm³/mol. The Bertz CT molecular complexity index is 597. The van der Waals surface area contributed by atoms with E-state index in [1.807, 2.05) is 0 Å². The number of nitrogens with zero attached hydrogens (tertiary/aromatic N) is 1. The summed E-state index contributed by atoms with van der Waals surface area (Å²) in [6.45, 7) is 2.26. The SMILES string of the molecule is Cc1ccc(NC(=O)C2CCN(C)C(=O)C2)cc1C(=O)O. The number of hydrogen-bond acceptors (Lipinski definition) is 3. The van der Waals surface area contributed by atoms with Crippen LogP contribution in [-0.2, 0) is 9.59 Å². The fourth-order valence-corrected chi connectivity index (χ4v) is 2.34. The number of rotatable bonds is 3. The van der Waals surface area contributed by atoms with E-state index >= 15 is 0 Å². The predicted octanol–water partition coefficient (Wildman–Crippen LogP) is 1.50. The summed E-state index contributed by atoms with van der Waals surface area (Å²) in [6.07, 6.45) is 0.811. The van der Waals surface area contributed by atoms with Gasteiger partial charge < -0.3 is 15.3 Å². The van der Waals surface area contributed by atoms with Gasteiger partial charge in [-0.1, -0.05) is 6.07 Å². The molecule has 21 heavy (non-hydrogen) atoms. The molecule has 0 bridgehead atoms. The summed E-state index contributed by atoms with van der Waals surface area (Å²) in [5.41, 5.74) is 1.23. The number of carboxylic acid groups (broad SMARTS) is 1. The van der Waals surface area contributed by atoms with Gasteiger partial charge in [-0.05, 0) is 31.0 Å². The van der Waals surface area contributed by atoms with Crippen molar-refractivity contribution in [1.82, 2.24) is 4.90 Å². The van der Waals surface area contributed by atoms with Crippen LogP contribution < -0.4 is 5.32 Å². The molecule has 0 aromatic heterocycles. The average molecular weight is 290 g/mol. The maximum Gasteiger partial charge on any atom is 0.336 e. The van der Waals surface area contributed by atoms with Gasteiger partial charge in [0.25, 0.3) is 0 Å². The molecule has 1 aliphatic heterocycles. The quantitative estimate of drug-likeness (QED) is 0.883. The maximum absolute atomic E-state index is 12.2. The van der Waals surface area contributed by atoms with Crippen LogP contribution in [0.3, 0.4) is 0 Å². The summed E-state index contributed by atoms with van der Waals surface area (Å²) in [7, 11) is 1.72. The highest BCUT2D eigenvalue weighted by Crippen LogP contribution is 2.21. The van der Waals surface area contributed by atoms with Gasteiger partial charge in [0.05, 0.1) is 5.56 Å². The second-order valence-corrected chi connectivity index (χ2v) is 5.33. The Balaban J connectivity index is 2.08. The summed E-state index contributed by atoms with van der Waals surface area (Å²) in [5.74, 6) is -1.67. The van der Waals surface area contributed by atoms with E-state index in [1.165, 1.54) is 6.07 Å². The molecule has 0 aliphatic carbocycles. The number of carbonyl (C=O) groups is 3. The highest BCUT2D eigenvalue weighted by molar-refractivity contribution is 5.97. The third-order valence-electron chi connectivity index (χ3n) is 3.77. The van der Waals surface area contributed by atoms with Crippen molar-refractivity contribution >= 4 is 23.5 Å². The van der Waals surface area contributed by atoms with Gasteiger partial charge in [-0.2, -0.15) is 0 Å². The second-order valence-electron chi connectivity index (χ2n) is 5.33. The number of carbonyl (C=O) groups excluding carboxylic acids is 2. The first-order valence-corrected chi connectivity index (χ1v) is 6.77. The van der Waals surface area contributed by atoms with Crippen LogP contribution in [0.2, 0.25) is 0 Å². The lowest BCUT2D eigenvalue weighted by Crippen LogP contribution is -2.39. The van der Waals surface area contributed by atoms with Crippen LogP contribution in [0, 0.1) is 12.8 Å². The lowest BCUT2D eigenvalue weighted by atomic mass is 9.95. The van der Waals surface area contributed by atoms with Gasteiger partial charge in [-0.3, -0.25) is 9.59 Å². The summed E-state index contributed by atoms with van der Waals surface area (Å²) in [6, 6.07) is 4.75. The van der Waals surface area contributed by atoms with Gasteiger partial charge in [-0.15, -0.1) is 0 Å². The number of hydrogen-bond donors (Lipinski definition) is 2. The van der Waals surface area contributed by atoms with Crippen molar-refractivity contribution in [3.63, 3.8) is 0 Å². The highest BCUT2D eigenvalue weighted by atomic mass is 16.4. The first kappa shape index (κ1) is 15.0. The van der Waals surface area contributed by atoms with Gasteiger partial charge in [-0.25, -0.2) is 4.79 Å². The molecule has 1 heterocycles. The molecule has 2 rings (SSSR count). The summed E-state index contributed by atoms with van der Waals surface area (Å²) < 4.78 is 0. The number of carboxylic acids is 1. The topological polar surface area (TPSA) is 86.7 Å². The van der Waals surface area contributed by atoms with E-state index in [-0.39, 0.29) is 29.7 Å². The molecule has 2 N–H and O–H groups in total. The lowest BCUT2D eigenvalue weighted by Gasteiger charge is -2.27. The van der Waals surface area contributed by atoms with Gasteiger partial charge in [0.15, 0.2) is 0 Å². The minimum absolute atomic E-state index is 0.0449. The molecule has 6 nitrogen and oxygen atoms in total. The summed E-state index contributed by atoms with van der Waals surface area (Å²) in [4.78, 5) is 36.5. The summed E-state index contributed by atoms with van der Waals surface area (Å²) >= 11 is 0. The Kier molecular flexibility index (Phi) is 4.26. The molecular formula is C15H18N2O4. The zero-order chi connectivity index (χ0) is 15.6. The fourth-order valence-electron chi connectivity index (χ4n) is 2.34. The van der Waals surface area contributed by atoms with Gasteiger partial charge in [0.2, 0.25) is 11.8 Å². The molecule has 6 heteroatoms. The normalized spacial score (nSPS) is 18.5. The number of benzene rings is 1. The van der Waals surface area contributed by atoms with Crippen LogP contribution in [-0.4, -0.2) is 41.4 Å². The van der Waals surface area contributed by atoms with Crippen LogP contribution in [0.5, 0.6) is 0 Å². The minimum Gasteiger partial charge on any atom is -0.478 e.